The molecule has 1 amide bonds. The van der Waals surface area contributed by atoms with Gasteiger partial charge < -0.3 is 15.8 Å². The summed E-state index contributed by atoms with van der Waals surface area (Å²) in [5, 5.41) is 2.84. The van der Waals surface area contributed by atoms with Gasteiger partial charge in [-0.05, 0) is 49.7 Å². The number of nitrogens with two attached hydrogens (primary N) is 1. The van der Waals surface area contributed by atoms with Crippen molar-refractivity contribution in [3.63, 3.8) is 0 Å². The zero-order valence-electron chi connectivity index (χ0n) is 12.1. The summed E-state index contributed by atoms with van der Waals surface area (Å²) in [5.41, 5.74) is 6.39. The fourth-order valence-electron chi connectivity index (χ4n) is 1.81. The topological polar surface area (TPSA) is 64.4 Å². The second kappa shape index (κ2) is 7.45. The Hall–Kier alpha value is -2.33. The molecule has 0 aliphatic heterocycles. The van der Waals surface area contributed by atoms with Crippen molar-refractivity contribution in [1.82, 2.24) is 0 Å². The molecule has 0 saturated carbocycles. The Labute approximate surface area is 124 Å². The van der Waals surface area contributed by atoms with Gasteiger partial charge in [0.1, 0.15) is 11.5 Å². The van der Waals surface area contributed by atoms with Gasteiger partial charge in [-0.2, -0.15) is 0 Å². The maximum absolute atomic E-state index is 11.7. The third kappa shape index (κ3) is 5.28. The Kier molecular flexibility index (Phi) is 5.35. The van der Waals surface area contributed by atoms with E-state index in [1.165, 1.54) is 0 Å². The summed E-state index contributed by atoms with van der Waals surface area (Å²) in [6.45, 7) is 1.89. The van der Waals surface area contributed by atoms with Crippen molar-refractivity contribution >= 4 is 11.6 Å². The zero-order chi connectivity index (χ0) is 15.1. The molecule has 0 radical (unpaired) electrons. The van der Waals surface area contributed by atoms with Gasteiger partial charge >= 0.3 is 0 Å². The first kappa shape index (κ1) is 15.1. The summed E-state index contributed by atoms with van der Waals surface area (Å²) in [6, 6.07) is 16.9. The van der Waals surface area contributed by atoms with Crippen molar-refractivity contribution in [3.05, 3.63) is 54.6 Å². The van der Waals surface area contributed by atoms with Gasteiger partial charge in [0.25, 0.3) is 0 Å². The predicted molar refractivity (Wildman–Crippen MR) is 84.5 cm³/mol. The standard InChI is InChI=1S/C17H20N2O2/c1-13(18)7-12-17(20)19-14-8-10-16(11-9-14)21-15-5-3-2-4-6-15/h2-6,8-11,13H,7,12,18H2,1H3,(H,19,20). The molecule has 0 bridgehead atoms. The summed E-state index contributed by atoms with van der Waals surface area (Å²) >= 11 is 0. The third-order valence-electron chi connectivity index (χ3n) is 2.94. The molecule has 0 aliphatic carbocycles. The molecular formula is C17H20N2O2. The number of anilines is 1. The quantitative estimate of drug-likeness (QED) is 0.852. The number of nitrogens with one attached hydrogen (secondary N) is 1. The van der Waals surface area contributed by atoms with Crippen molar-refractivity contribution < 1.29 is 9.53 Å². The van der Waals surface area contributed by atoms with Crippen molar-refractivity contribution in [1.29, 1.82) is 0 Å². The van der Waals surface area contributed by atoms with Gasteiger partial charge in [-0.3, -0.25) is 4.79 Å². The minimum Gasteiger partial charge on any atom is -0.457 e. The number of hydrogen-bond acceptors (Lipinski definition) is 3. The molecule has 110 valence electrons. The van der Waals surface area contributed by atoms with E-state index in [0.29, 0.717) is 12.8 Å². The summed E-state index contributed by atoms with van der Waals surface area (Å²) in [6.07, 6.45) is 1.11. The van der Waals surface area contributed by atoms with E-state index >= 15 is 0 Å². The van der Waals surface area contributed by atoms with Crippen molar-refractivity contribution in [3.8, 4) is 11.5 Å². The highest BCUT2D eigenvalue weighted by Gasteiger charge is 2.04. The van der Waals surface area contributed by atoms with Gasteiger partial charge in [-0.15, -0.1) is 0 Å². The Morgan fingerprint density at radius 2 is 1.71 bits per heavy atom. The van der Waals surface area contributed by atoms with Crippen LogP contribution in [0.5, 0.6) is 11.5 Å². The van der Waals surface area contributed by atoms with E-state index in [4.69, 9.17) is 10.5 Å². The number of rotatable bonds is 6. The molecule has 2 aromatic rings. The van der Waals surface area contributed by atoms with Gasteiger partial charge in [0.2, 0.25) is 5.91 Å². The molecule has 4 nitrogen and oxygen atoms in total. The van der Waals surface area contributed by atoms with Crippen molar-refractivity contribution in [2.24, 2.45) is 5.73 Å². The smallest absolute Gasteiger partial charge is 0.224 e. The van der Waals surface area contributed by atoms with Crippen LogP contribution in [0.1, 0.15) is 19.8 Å². The first-order chi connectivity index (χ1) is 10.1. The van der Waals surface area contributed by atoms with Crippen molar-refractivity contribution in [2.75, 3.05) is 5.32 Å². The van der Waals surface area contributed by atoms with E-state index in [2.05, 4.69) is 5.32 Å². The third-order valence-corrected chi connectivity index (χ3v) is 2.94. The minimum atomic E-state index is -0.0240. The summed E-state index contributed by atoms with van der Waals surface area (Å²) in [5.74, 6) is 1.49. The normalized spacial score (nSPS) is 11.7. The number of amides is 1. The Balaban J connectivity index is 1.88. The second-order valence-electron chi connectivity index (χ2n) is 5.00. The lowest BCUT2D eigenvalue weighted by molar-refractivity contribution is -0.116. The molecule has 1 atom stereocenters. The summed E-state index contributed by atoms with van der Waals surface area (Å²) in [4.78, 5) is 11.7. The maximum Gasteiger partial charge on any atom is 0.224 e. The van der Waals surface area contributed by atoms with Crippen LogP contribution in [0.4, 0.5) is 5.69 Å². The highest BCUT2D eigenvalue weighted by Crippen LogP contribution is 2.22. The molecule has 0 heterocycles. The van der Waals surface area contributed by atoms with Gasteiger partial charge in [0.05, 0.1) is 0 Å². The van der Waals surface area contributed by atoms with Crippen LogP contribution in [0.2, 0.25) is 0 Å². The maximum atomic E-state index is 11.7. The molecular weight excluding hydrogens is 264 g/mol. The van der Waals surface area contributed by atoms with Crippen LogP contribution in [-0.2, 0) is 4.79 Å². The van der Waals surface area contributed by atoms with Gasteiger partial charge in [-0.1, -0.05) is 18.2 Å². The summed E-state index contributed by atoms with van der Waals surface area (Å²) in [7, 11) is 0. The monoisotopic (exact) mass is 284 g/mol. The summed E-state index contributed by atoms with van der Waals surface area (Å²) < 4.78 is 5.69. The Morgan fingerprint density at radius 1 is 1.10 bits per heavy atom. The number of hydrogen-bond donors (Lipinski definition) is 2. The van der Waals surface area contributed by atoms with Crippen LogP contribution in [0.3, 0.4) is 0 Å². The fourth-order valence-corrected chi connectivity index (χ4v) is 1.81. The molecule has 2 rings (SSSR count). The van der Waals surface area contributed by atoms with E-state index in [1.807, 2.05) is 61.5 Å². The molecule has 0 saturated heterocycles. The predicted octanol–water partition coefficient (Wildman–Crippen LogP) is 3.54. The van der Waals surface area contributed by atoms with E-state index in [0.717, 1.165) is 17.2 Å². The van der Waals surface area contributed by atoms with E-state index in [-0.39, 0.29) is 11.9 Å². The van der Waals surface area contributed by atoms with E-state index < -0.39 is 0 Å². The SMILES string of the molecule is CC(N)CCC(=O)Nc1ccc(Oc2ccccc2)cc1. The molecule has 3 N–H and O–H groups in total. The largest absolute Gasteiger partial charge is 0.457 e. The van der Waals surface area contributed by atoms with Crippen LogP contribution in [0.15, 0.2) is 54.6 Å². The highest BCUT2D eigenvalue weighted by molar-refractivity contribution is 5.90. The van der Waals surface area contributed by atoms with Crippen LogP contribution >= 0.6 is 0 Å². The van der Waals surface area contributed by atoms with Crippen LogP contribution < -0.4 is 15.8 Å². The molecule has 1 unspecified atom stereocenters. The number of carbonyl (C=O) groups is 1. The minimum absolute atomic E-state index is 0.0240. The van der Waals surface area contributed by atoms with Crippen LogP contribution in [0, 0.1) is 0 Å². The van der Waals surface area contributed by atoms with Crippen LogP contribution in [0.25, 0.3) is 0 Å². The van der Waals surface area contributed by atoms with E-state index in [9.17, 15) is 4.79 Å². The lowest BCUT2D eigenvalue weighted by Crippen LogP contribution is -2.19. The molecule has 0 aliphatic rings. The molecule has 4 heteroatoms. The Bertz CT molecular complexity index is 565. The number of benzene rings is 2. The lowest BCUT2D eigenvalue weighted by Gasteiger charge is -2.09. The first-order valence-electron chi connectivity index (χ1n) is 7.02. The second-order valence-corrected chi connectivity index (χ2v) is 5.00. The first-order valence-corrected chi connectivity index (χ1v) is 7.02. The fraction of sp³-hybridized carbons (Fsp3) is 0.235. The zero-order valence-corrected chi connectivity index (χ0v) is 12.1. The highest BCUT2D eigenvalue weighted by atomic mass is 16.5. The van der Waals surface area contributed by atoms with Gasteiger partial charge in [0.15, 0.2) is 0 Å². The van der Waals surface area contributed by atoms with Gasteiger partial charge in [0, 0.05) is 18.2 Å². The molecule has 0 spiro atoms. The Morgan fingerprint density at radius 3 is 2.33 bits per heavy atom. The molecule has 2 aromatic carbocycles. The number of carbonyl (C=O) groups excluding carboxylic acids is 1. The van der Waals surface area contributed by atoms with Gasteiger partial charge in [-0.25, -0.2) is 0 Å². The van der Waals surface area contributed by atoms with E-state index in [1.54, 1.807) is 0 Å². The molecule has 0 aromatic heterocycles. The molecule has 0 fully saturated rings. The van der Waals surface area contributed by atoms with Crippen molar-refractivity contribution in [2.45, 2.75) is 25.8 Å². The average molecular weight is 284 g/mol. The average Bonchev–Trinajstić information content (AvgIpc) is 2.48. The lowest BCUT2D eigenvalue weighted by atomic mass is 10.2. The van der Waals surface area contributed by atoms with Crippen LogP contribution in [-0.4, -0.2) is 11.9 Å². The molecule has 21 heavy (non-hydrogen) atoms. The number of para-hydroxylation sites is 1. The number of ether oxygens (including phenoxy) is 1.